The number of halogens is 2. The topological polar surface area (TPSA) is 24.9 Å². The number of nitrogens with one attached hydrogen (secondary N) is 1. The van der Waals surface area contributed by atoms with E-state index >= 15 is 0 Å². The lowest BCUT2D eigenvalue weighted by Gasteiger charge is -2.17. The number of pyridine rings is 1. The van der Waals surface area contributed by atoms with E-state index in [1.165, 1.54) is 5.56 Å². The summed E-state index contributed by atoms with van der Waals surface area (Å²) < 4.78 is 2.17. The zero-order valence-electron chi connectivity index (χ0n) is 10.2. The number of hydrogen-bond donors (Lipinski definition) is 1. The van der Waals surface area contributed by atoms with Crippen LogP contribution in [0.15, 0.2) is 45.6 Å². The van der Waals surface area contributed by atoms with Crippen molar-refractivity contribution in [2.45, 2.75) is 19.9 Å². The summed E-state index contributed by atoms with van der Waals surface area (Å²) in [6.45, 7) is 4.18. The van der Waals surface area contributed by atoms with Gasteiger partial charge in [0.15, 0.2) is 0 Å². The number of rotatable bonds is 3. The van der Waals surface area contributed by atoms with Gasteiger partial charge in [-0.2, -0.15) is 0 Å². The minimum atomic E-state index is 0.219. The van der Waals surface area contributed by atoms with Crippen LogP contribution in [-0.2, 0) is 0 Å². The highest BCUT2D eigenvalue weighted by atomic mass is 79.9. The summed E-state index contributed by atoms with van der Waals surface area (Å²) in [4.78, 5) is 4.19. The van der Waals surface area contributed by atoms with Gasteiger partial charge in [-0.1, -0.05) is 37.9 Å². The Balaban J connectivity index is 2.19. The number of hydrogen-bond acceptors (Lipinski definition) is 2. The molecule has 0 aliphatic rings. The first-order chi connectivity index (χ1) is 8.56. The number of benzene rings is 1. The normalized spacial score (nSPS) is 12.2. The van der Waals surface area contributed by atoms with Gasteiger partial charge in [-0.05, 0) is 43.2 Å². The third-order valence-electron chi connectivity index (χ3n) is 2.69. The molecule has 0 bridgehead atoms. The largest absolute Gasteiger partial charge is 0.377 e. The van der Waals surface area contributed by atoms with Crippen molar-refractivity contribution < 1.29 is 0 Å². The minimum absolute atomic E-state index is 0.219. The molecule has 18 heavy (non-hydrogen) atoms. The molecule has 0 spiro atoms. The van der Waals surface area contributed by atoms with E-state index < -0.39 is 0 Å². The highest BCUT2D eigenvalue weighted by Crippen LogP contribution is 2.28. The first kappa shape index (κ1) is 13.6. The van der Waals surface area contributed by atoms with Gasteiger partial charge in [0.05, 0.1) is 5.69 Å². The number of aromatic nitrogens is 1. The quantitative estimate of drug-likeness (QED) is 0.815. The summed E-state index contributed by atoms with van der Waals surface area (Å²) in [6, 6.07) is 8.52. The van der Waals surface area contributed by atoms with Crippen molar-refractivity contribution in [1.29, 1.82) is 0 Å². The van der Waals surface area contributed by atoms with Crippen molar-refractivity contribution in [3.8, 4) is 0 Å². The van der Waals surface area contributed by atoms with Crippen LogP contribution in [0.25, 0.3) is 0 Å². The van der Waals surface area contributed by atoms with Crippen LogP contribution in [0, 0.1) is 6.92 Å². The van der Waals surface area contributed by atoms with Gasteiger partial charge < -0.3 is 5.32 Å². The maximum Gasteiger partial charge on any atom is 0.0534 e. The van der Waals surface area contributed by atoms with Gasteiger partial charge in [0, 0.05) is 27.4 Å². The van der Waals surface area contributed by atoms with Gasteiger partial charge >= 0.3 is 0 Å². The number of anilines is 1. The predicted octanol–water partition coefficient (Wildman–Crippen LogP) is 5.09. The lowest BCUT2D eigenvalue weighted by atomic mass is 10.1. The van der Waals surface area contributed by atoms with E-state index in [1.807, 2.05) is 25.4 Å². The molecule has 0 saturated carbocycles. The molecule has 2 nitrogen and oxygen atoms in total. The van der Waals surface area contributed by atoms with E-state index in [4.69, 9.17) is 0 Å². The van der Waals surface area contributed by atoms with Crippen LogP contribution in [0.3, 0.4) is 0 Å². The maximum atomic E-state index is 4.19. The molecule has 0 fully saturated rings. The first-order valence-electron chi connectivity index (χ1n) is 5.69. The van der Waals surface area contributed by atoms with Crippen molar-refractivity contribution in [2.75, 3.05) is 5.32 Å². The second-order valence-electron chi connectivity index (χ2n) is 4.28. The van der Waals surface area contributed by atoms with Crippen molar-refractivity contribution in [1.82, 2.24) is 4.98 Å². The van der Waals surface area contributed by atoms with E-state index in [0.29, 0.717) is 0 Å². The second kappa shape index (κ2) is 5.85. The molecule has 2 aromatic rings. The van der Waals surface area contributed by atoms with E-state index in [9.17, 15) is 0 Å². The van der Waals surface area contributed by atoms with Crippen LogP contribution in [0.2, 0.25) is 0 Å². The number of nitrogens with zero attached hydrogens (tertiary/aromatic N) is 1. The smallest absolute Gasteiger partial charge is 0.0534 e. The Morgan fingerprint density at radius 1 is 1.17 bits per heavy atom. The summed E-state index contributed by atoms with van der Waals surface area (Å²) >= 11 is 7.05. The Labute approximate surface area is 124 Å². The van der Waals surface area contributed by atoms with Crippen LogP contribution in [0.4, 0.5) is 5.69 Å². The predicted molar refractivity (Wildman–Crippen MR) is 82.9 cm³/mol. The molecule has 0 radical (unpaired) electrons. The average molecular weight is 370 g/mol. The molecule has 1 aromatic carbocycles. The Kier molecular flexibility index (Phi) is 4.40. The molecule has 1 aromatic heterocycles. The first-order valence-corrected chi connectivity index (χ1v) is 7.28. The molecule has 0 aliphatic heterocycles. The molecule has 0 amide bonds. The zero-order chi connectivity index (χ0) is 13.1. The van der Waals surface area contributed by atoms with Gasteiger partial charge in [-0.15, -0.1) is 0 Å². The standard InChI is InChI=1S/C14H14Br2N2/c1-9-5-12(8-17-7-9)18-10(2)13-4-3-11(15)6-14(13)16/h3-8,10,18H,1-2H3. The fraction of sp³-hybridized carbons (Fsp3) is 0.214. The highest BCUT2D eigenvalue weighted by Gasteiger charge is 2.09. The fourth-order valence-electron chi connectivity index (χ4n) is 1.81. The minimum Gasteiger partial charge on any atom is -0.377 e. The van der Waals surface area contributed by atoms with E-state index in [-0.39, 0.29) is 6.04 Å². The van der Waals surface area contributed by atoms with Gasteiger partial charge in [-0.3, -0.25) is 4.98 Å². The zero-order valence-corrected chi connectivity index (χ0v) is 13.4. The second-order valence-corrected chi connectivity index (χ2v) is 6.05. The summed E-state index contributed by atoms with van der Waals surface area (Å²) in [5.74, 6) is 0. The van der Waals surface area contributed by atoms with Gasteiger partial charge in [0.25, 0.3) is 0 Å². The van der Waals surface area contributed by atoms with Gasteiger partial charge in [-0.25, -0.2) is 0 Å². The van der Waals surface area contributed by atoms with E-state index in [1.54, 1.807) is 0 Å². The van der Waals surface area contributed by atoms with Gasteiger partial charge in [0.2, 0.25) is 0 Å². The molecule has 4 heteroatoms. The Morgan fingerprint density at radius 2 is 1.94 bits per heavy atom. The third kappa shape index (κ3) is 3.33. The molecule has 0 aliphatic carbocycles. The van der Waals surface area contributed by atoms with Crippen molar-refractivity contribution >= 4 is 37.5 Å². The van der Waals surface area contributed by atoms with Crippen molar-refractivity contribution in [3.63, 3.8) is 0 Å². The summed E-state index contributed by atoms with van der Waals surface area (Å²) in [7, 11) is 0. The van der Waals surface area contributed by atoms with Crippen LogP contribution in [0.5, 0.6) is 0 Å². The molecule has 94 valence electrons. The van der Waals surface area contributed by atoms with E-state index in [2.05, 4.69) is 67.3 Å². The van der Waals surface area contributed by atoms with E-state index in [0.717, 1.165) is 20.2 Å². The van der Waals surface area contributed by atoms with Gasteiger partial charge in [0.1, 0.15) is 0 Å². The molecule has 1 atom stereocenters. The SMILES string of the molecule is Cc1cncc(NC(C)c2ccc(Br)cc2Br)c1. The van der Waals surface area contributed by atoms with Crippen molar-refractivity contribution in [3.05, 3.63) is 56.7 Å². The summed E-state index contributed by atoms with van der Waals surface area (Å²) in [6.07, 6.45) is 3.70. The highest BCUT2D eigenvalue weighted by molar-refractivity contribution is 9.11. The van der Waals surface area contributed by atoms with Crippen LogP contribution in [-0.4, -0.2) is 4.98 Å². The molecule has 0 saturated heterocycles. The lowest BCUT2D eigenvalue weighted by Crippen LogP contribution is -2.07. The summed E-state index contributed by atoms with van der Waals surface area (Å²) in [5, 5.41) is 3.45. The third-order valence-corrected chi connectivity index (χ3v) is 3.87. The monoisotopic (exact) mass is 368 g/mol. The average Bonchev–Trinajstić information content (AvgIpc) is 2.28. The van der Waals surface area contributed by atoms with Crippen molar-refractivity contribution in [2.24, 2.45) is 0 Å². The Hall–Kier alpha value is -0.870. The molecular weight excluding hydrogens is 356 g/mol. The molecule has 1 unspecified atom stereocenters. The molecule has 1 heterocycles. The molecular formula is C14H14Br2N2. The fourth-order valence-corrected chi connectivity index (χ4v) is 3.20. The Morgan fingerprint density at radius 3 is 2.61 bits per heavy atom. The number of aryl methyl sites for hydroxylation is 1. The summed E-state index contributed by atoms with van der Waals surface area (Å²) in [5.41, 5.74) is 3.42. The maximum absolute atomic E-state index is 4.19. The lowest BCUT2D eigenvalue weighted by molar-refractivity contribution is 0.876. The molecule has 1 N–H and O–H groups in total. The molecule has 2 rings (SSSR count). The van der Waals surface area contributed by atoms with Crippen LogP contribution < -0.4 is 5.32 Å². The Bertz CT molecular complexity index is 555. The van der Waals surface area contributed by atoms with Crippen LogP contribution >= 0.6 is 31.9 Å². The van der Waals surface area contributed by atoms with Crippen LogP contribution in [0.1, 0.15) is 24.1 Å².